The molecule has 100 valence electrons. The molecule has 0 fully saturated rings. The molecule has 0 amide bonds. The van der Waals surface area contributed by atoms with Gasteiger partial charge in [0.25, 0.3) is 0 Å². The van der Waals surface area contributed by atoms with Gasteiger partial charge in [-0.15, -0.1) is 0 Å². The highest BCUT2D eigenvalue weighted by Crippen LogP contribution is 2.35. The van der Waals surface area contributed by atoms with Gasteiger partial charge >= 0.3 is 5.82 Å². The van der Waals surface area contributed by atoms with Gasteiger partial charge in [-0.1, -0.05) is 30.3 Å². The molecule has 1 aliphatic carbocycles. The SMILES string of the molecule is c1ccc2c(c1)Cc1ccc3c(c1C2)C[n+]1cccnc1-3. The molecule has 1 aliphatic heterocycles. The van der Waals surface area contributed by atoms with E-state index in [4.69, 9.17) is 0 Å². The highest BCUT2D eigenvalue weighted by atomic mass is 15.1. The smallest absolute Gasteiger partial charge is 0.226 e. The number of aromatic nitrogens is 2. The second-order valence-electron chi connectivity index (χ2n) is 5.92. The van der Waals surface area contributed by atoms with Crippen molar-refractivity contribution in [2.75, 3.05) is 0 Å². The third-order valence-electron chi connectivity index (χ3n) is 4.79. The third-order valence-corrected chi connectivity index (χ3v) is 4.79. The second kappa shape index (κ2) is 4.01. The summed E-state index contributed by atoms with van der Waals surface area (Å²) in [5.74, 6) is 1.11. The van der Waals surface area contributed by atoms with Gasteiger partial charge < -0.3 is 0 Å². The Labute approximate surface area is 123 Å². The predicted octanol–water partition coefficient (Wildman–Crippen LogP) is 2.89. The Morgan fingerprint density at radius 2 is 1.67 bits per heavy atom. The van der Waals surface area contributed by atoms with Gasteiger partial charge in [-0.2, -0.15) is 0 Å². The van der Waals surface area contributed by atoms with Crippen LogP contribution in [0.25, 0.3) is 11.4 Å². The molecule has 0 spiro atoms. The van der Waals surface area contributed by atoms with Crippen LogP contribution in [0.15, 0.2) is 54.9 Å². The molecule has 2 aliphatic rings. The lowest BCUT2D eigenvalue weighted by Crippen LogP contribution is -2.32. The van der Waals surface area contributed by atoms with Gasteiger partial charge in [0.15, 0.2) is 0 Å². The summed E-state index contributed by atoms with van der Waals surface area (Å²) in [5, 5.41) is 0. The Hall–Kier alpha value is -2.48. The monoisotopic (exact) mass is 271 g/mol. The number of nitrogens with zero attached hydrogens (tertiary/aromatic N) is 2. The summed E-state index contributed by atoms with van der Waals surface area (Å²) in [4.78, 5) is 4.56. The third kappa shape index (κ3) is 1.53. The van der Waals surface area contributed by atoms with Crippen molar-refractivity contribution in [1.29, 1.82) is 0 Å². The van der Waals surface area contributed by atoms with Crippen molar-refractivity contribution in [3.8, 4) is 11.4 Å². The van der Waals surface area contributed by atoms with Crippen molar-refractivity contribution in [2.45, 2.75) is 19.4 Å². The van der Waals surface area contributed by atoms with E-state index in [9.17, 15) is 0 Å². The topological polar surface area (TPSA) is 16.8 Å². The van der Waals surface area contributed by atoms with Crippen molar-refractivity contribution in [2.24, 2.45) is 0 Å². The molecule has 0 atom stereocenters. The van der Waals surface area contributed by atoms with E-state index in [1.165, 1.54) is 33.4 Å². The van der Waals surface area contributed by atoms with Crippen LogP contribution in [0.4, 0.5) is 0 Å². The van der Waals surface area contributed by atoms with Crippen molar-refractivity contribution in [3.05, 3.63) is 82.7 Å². The molecule has 1 aromatic heterocycles. The van der Waals surface area contributed by atoms with E-state index in [1.54, 1.807) is 0 Å². The van der Waals surface area contributed by atoms with Gasteiger partial charge in [0.1, 0.15) is 12.7 Å². The number of hydrogen-bond donors (Lipinski definition) is 0. The van der Waals surface area contributed by atoms with Crippen molar-refractivity contribution >= 4 is 0 Å². The van der Waals surface area contributed by atoms with E-state index in [0.717, 1.165) is 25.2 Å². The van der Waals surface area contributed by atoms with Crippen molar-refractivity contribution in [1.82, 2.24) is 4.98 Å². The average Bonchev–Trinajstić information content (AvgIpc) is 2.92. The zero-order valence-corrected chi connectivity index (χ0v) is 11.7. The summed E-state index contributed by atoms with van der Waals surface area (Å²) in [5.41, 5.74) is 8.76. The van der Waals surface area contributed by atoms with E-state index in [1.807, 2.05) is 12.3 Å². The first kappa shape index (κ1) is 11.2. The molecule has 0 N–H and O–H groups in total. The summed E-state index contributed by atoms with van der Waals surface area (Å²) < 4.78 is 2.26. The normalized spacial score (nSPS) is 14.1. The van der Waals surface area contributed by atoms with E-state index in [-0.39, 0.29) is 0 Å². The molecule has 3 aromatic rings. The van der Waals surface area contributed by atoms with Gasteiger partial charge in [-0.25, -0.2) is 4.57 Å². The molecule has 2 heteroatoms. The van der Waals surface area contributed by atoms with Crippen LogP contribution in [0.5, 0.6) is 0 Å². The van der Waals surface area contributed by atoms with Gasteiger partial charge in [-0.3, -0.25) is 0 Å². The zero-order valence-electron chi connectivity index (χ0n) is 11.7. The fourth-order valence-corrected chi connectivity index (χ4v) is 3.74. The van der Waals surface area contributed by atoms with Crippen LogP contribution in [-0.2, 0) is 19.4 Å². The van der Waals surface area contributed by atoms with E-state index in [0.29, 0.717) is 0 Å². The molecule has 21 heavy (non-hydrogen) atoms. The lowest BCUT2D eigenvalue weighted by Gasteiger charge is -2.21. The summed E-state index contributed by atoms with van der Waals surface area (Å²) in [6.07, 6.45) is 6.14. The summed E-state index contributed by atoms with van der Waals surface area (Å²) >= 11 is 0. The maximum Gasteiger partial charge on any atom is 0.330 e. The summed E-state index contributed by atoms with van der Waals surface area (Å²) in [6, 6.07) is 15.4. The minimum atomic E-state index is 0.962. The quantitative estimate of drug-likeness (QED) is 0.396. The van der Waals surface area contributed by atoms with E-state index in [2.05, 4.69) is 52.1 Å². The second-order valence-corrected chi connectivity index (χ2v) is 5.92. The Bertz CT molecular complexity index is 880. The van der Waals surface area contributed by atoms with Crippen LogP contribution in [0, 0.1) is 0 Å². The maximum atomic E-state index is 4.56. The van der Waals surface area contributed by atoms with Crippen molar-refractivity contribution < 1.29 is 4.57 Å². The first-order chi connectivity index (χ1) is 10.4. The van der Waals surface area contributed by atoms with Gasteiger partial charge in [-0.05, 0) is 46.1 Å². The lowest BCUT2D eigenvalue weighted by atomic mass is 9.82. The molecule has 0 radical (unpaired) electrons. The van der Waals surface area contributed by atoms with Crippen LogP contribution in [0.1, 0.15) is 27.8 Å². The average molecular weight is 271 g/mol. The molecule has 2 aromatic carbocycles. The molecule has 5 rings (SSSR count). The van der Waals surface area contributed by atoms with Gasteiger partial charge in [0.05, 0.1) is 11.8 Å². The maximum absolute atomic E-state index is 4.56. The van der Waals surface area contributed by atoms with Crippen molar-refractivity contribution in [3.63, 3.8) is 0 Å². The molecular weight excluding hydrogens is 256 g/mol. The first-order valence-corrected chi connectivity index (χ1v) is 7.45. The highest BCUT2D eigenvalue weighted by Gasteiger charge is 2.30. The highest BCUT2D eigenvalue weighted by molar-refractivity contribution is 5.65. The van der Waals surface area contributed by atoms with Crippen LogP contribution >= 0.6 is 0 Å². The Kier molecular flexibility index (Phi) is 2.14. The fourth-order valence-electron chi connectivity index (χ4n) is 3.74. The van der Waals surface area contributed by atoms with Crippen LogP contribution < -0.4 is 4.57 Å². The van der Waals surface area contributed by atoms with Crippen LogP contribution in [0.2, 0.25) is 0 Å². The Balaban J connectivity index is 1.70. The van der Waals surface area contributed by atoms with Crippen LogP contribution in [0.3, 0.4) is 0 Å². The molecular formula is C19H15N2+. The van der Waals surface area contributed by atoms with Gasteiger partial charge in [0, 0.05) is 11.6 Å². The lowest BCUT2D eigenvalue weighted by molar-refractivity contribution is -0.674. The zero-order chi connectivity index (χ0) is 13.8. The molecule has 0 saturated heterocycles. The minimum absolute atomic E-state index is 0.962. The summed E-state index contributed by atoms with van der Waals surface area (Å²) in [7, 11) is 0. The Morgan fingerprint density at radius 3 is 2.57 bits per heavy atom. The molecule has 0 unspecified atom stereocenters. The first-order valence-electron chi connectivity index (χ1n) is 7.45. The van der Waals surface area contributed by atoms with Gasteiger partial charge in [0.2, 0.25) is 0 Å². The molecule has 2 nitrogen and oxygen atoms in total. The summed E-state index contributed by atoms with van der Waals surface area (Å²) in [6.45, 7) is 0.962. The fraction of sp³-hybridized carbons (Fsp3) is 0.158. The standard InChI is InChI=1S/C19H15N2/c1-2-5-14-11-17-15(10-13(14)4-1)6-7-16-18(17)12-21-9-3-8-20-19(16)21/h1-9H,10-12H2/q+1. The number of hydrogen-bond acceptors (Lipinski definition) is 1. The molecule has 0 saturated carbocycles. The Morgan fingerprint density at radius 1 is 0.810 bits per heavy atom. The number of fused-ring (bicyclic) bond motifs is 6. The molecule has 2 heterocycles. The largest absolute Gasteiger partial charge is 0.330 e. The predicted molar refractivity (Wildman–Crippen MR) is 81.0 cm³/mol. The van der Waals surface area contributed by atoms with E-state index >= 15 is 0 Å². The number of rotatable bonds is 0. The molecule has 0 bridgehead atoms. The van der Waals surface area contributed by atoms with E-state index < -0.39 is 0 Å². The minimum Gasteiger partial charge on any atom is -0.226 e. The number of benzene rings is 2. The van der Waals surface area contributed by atoms with Crippen LogP contribution in [-0.4, -0.2) is 4.98 Å².